The Morgan fingerprint density at radius 2 is 1.90 bits per heavy atom. The average molecular weight is 341 g/mol. The predicted molar refractivity (Wildman–Crippen MR) is 88.5 cm³/mol. The summed E-state index contributed by atoms with van der Waals surface area (Å²) in [5.41, 5.74) is 3.72. The smallest absolute Gasteiger partial charge is 0.102 e. The average Bonchev–Trinajstić information content (AvgIpc) is 2.93. The Labute approximate surface area is 131 Å². The van der Waals surface area contributed by atoms with Gasteiger partial charge in [0.05, 0.1) is 11.9 Å². The van der Waals surface area contributed by atoms with E-state index in [4.69, 9.17) is 5.84 Å². The van der Waals surface area contributed by atoms with E-state index in [1.807, 2.05) is 65.5 Å². The van der Waals surface area contributed by atoms with Crippen LogP contribution in [-0.4, -0.2) is 16.0 Å². The van der Waals surface area contributed by atoms with Crippen LogP contribution >= 0.6 is 15.9 Å². The summed E-state index contributed by atoms with van der Waals surface area (Å²) in [4.78, 5) is 0. The van der Waals surface area contributed by atoms with Crippen LogP contribution in [0.15, 0.2) is 70.4 Å². The molecular weight excluding hydrogens is 328 g/mol. The number of hydrogen-bond donors (Lipinski definition) is 1. The number of para-hydroxylation sites is 1. The molecule has 0 aliphatic rings. The van der Waals surface area contributed by atoms with E-state index in [1.54, 1.807) is 6.21 Å². The van der Waals surface area contributed by atoms with Gasteiger partial charge in [0.25, 0.3) is 0 Å². The van der Waals surface area contributed by atoms with Gasteiger partial charge in [-0.3, -0.25) is 0 Å². The normalized spacial score (nSPS) is 11.1. The maximum absolute atomic E-state index is 5.31. The summed E-state index contributed by atoms with van der Waals surface area (Å²) in [5.74, 6) is 5.31. The first-order chi connectivity index (χ1) is 10.3. The third-order valence-electron chi connectivity index (χ3n) is 3.07. The Bertz CT molecular complexity index is 778. The summed E-state index contributed by atoms with van der Waals surface area (Å²) in [5, 5.41) is 8.29. The summed E-state index contributed by atoms with van der Waals surface area (Å²) >= 11 is 3.48. The van der Waals surface area contributed by atoms with Crippen molar-refractivity contribution < 1.29 is 0 Å². The summed E-state index contributed by atoms with van der Waals surface area (Å²) in [6.07, 6.45) is 3.53. The van der Waals surface area contributed by atoms with Crippen molar-refractivity contribution in [3.63, 3.8) is 0 Å². The standard InChI is InChI=1S/C16H13BrN4/c17-14-6-4-5-12(9-14)16-13(10-19-18)11-21(20-16)15-7-2-1-3-8-15/h1-11H,18H2/b19-10-. The minimum atomic E-state index is 0.842. The molecule has 0 saturated carbocycles. The molecule has 0 aliphatic carbocycles. The van der Waals surface area contributed by atoms with E-state index in [-0.39, 0.29) is 0 Å². The Morgan fingerprint density at radius 3 is 2.62 bits per heavy atom. The highest BCUT2D eigenvalue weighted by Crippen LogP contribution is 2.25. The van der Waals surface area contributed by atoms with E-state index >= 15 is 0 Å². The number of rotatable bonds is 3. The maximum Gasteiger partial charge on any atom is 0.102 e. The summed E-state index contributed by atoms with van der Waals surface area (Å²) in [6, 6.07) is 17.9. The first-order valence-electron chi connectivity index (χ1n) is 6.42. The molecule has 0 atom stereocenters. The van der Waals surface area contributed by atoms with Gasteiger partial charge >= 0.3 is 0 Å². The molecule has 0 unspecified atom stereocenters. The van der Waals surface area contributed by atoms with Gasteiger partial charge in [0, 0.05) is 21.8 Å². The fourth-order valence-corrected chi connectivity index (χ4v) is 2.53. The van der Waals surface area contributed by atoms with Crippen LogP contribution in [0, 0.1) is 0 Å². The van der Waals surface area contributed by atoms with E-state index in [2.05, 4.69) is 26.1 Å². The quantitative estimate of drug-likeness (QED) is 0.450. The van der Waals surface area contributed by atoms with Crippen molar-refractivity contribution in [2.45, 2.75) is 0 Å². The summed E-state index contributed by atoms with van der Waals surface area (Å²) < 4.78 is 2.83. The number of hydrazone groups is 1. The molecule has 1 aromatic heterocycles. The van der Waals surface area contributed by atoms with E-state index in [1.165, 1.54) is 0 Å². The highest BCUT2D eigenvalue weighted by Gasteiger charge is 2.11. The summed E-state index contributed by atoms with van der Waals surface area (Å²) in [7, 11) is 0. The van der Waals surface area contributed by atoms with Gasteiger partial charge in [-0.15, -0.1) is 0 Å². The first kappa shape index (κ1) is 13.6. The third kappa shape index (κ3) is 2.87. The van der Waals surface area contributed by atoms with Crippen molar-refractivity contribution >= 4 is 22.1 Å². The van der Waals surface area contributed by atoms with Gasteiger partial charge in [0.2, 0.25) is 0 Å². The van der Waals surface area contributed by atoms with Crippen molar-refractivity contribution in [1.29, 1.82) is 0 Å². The van der Waals surface area contributed by atoms with Crippen LogP contribution in [0.25, 0.3) is 16.9 Å². The van der Waals surface area contributed by atoms with Crippen LogP contribution in [-0.2, 0) is 0 Å². The largest absolute Gasteiger partial charge is 0.323 e. The zero-order valence-electron chi connectivity index (χ0n) is 11.1. The van der Waals surface area contributed by atoms with Crippen molar-refractivity contribution in [2.75, 3.05) is 0 Å². The molecule has 0 amide bonds. The predicted octanol–water partition coefficient (Wildman–Crippen LogP) is 3.59. The lowest BCUT2D eigenvalue weighted by Crippen LogP contribution is -1.93. The first-order valence-corrected chi connectivity index (χ1v) is 7.21. The second kappa shape index (κ2) is 5.93. The molecule has 5 heteroatoms. The van der Waals surface area contributed by atoms with E-state index in [0.29, 0.717) is 0 Å². The molecule has 2 aromatic carbocycles. The molecule has 2 N–H and O–H groups in total. The minimum Gasteiger partial charge on any atom is -0.323 e. The van der Waals surface area contributed by atoms with Crippen LogP contribution in [0.3, 0.4) is 0 Å². The fourth-order valence-electron chi connectivity index (χ4n) is 2.14. The van der Waals surface area contributed by atoms with Gasteiger partial charge in [-0.1, -0.05) is 46.3 Å². The maximum atomic E-state index is 5.31. The molecule has 3 rings (SSSR count). The number of aromatic nitrogens is 2. The van der Waals surface area contributed by atoms with E-state index in [9.17, 15) is 0 Å². The van der Waals surface area contributed by atoms with Crippen molar-refractivity contribution in [1.82, 2.24) is 9.78 Å². The number of nitrogens with zero attached hydrogens (tertiary/aromatic N) is 3. The molecule has 21 heavy (non-hydrogen) atoms. The lowest BCUT2D eigenvalue weighted by molar-refractivity contribution is 0.884. The fraction of sp³-hybridized carbons (Fsp3) is 0. The zero-order valence-corrected chi connectivity index (χ0v) is 12.7. The van der Waals surface area contributed by atoms with E-state index in [0.717, 1.165) is 27.0 Å². The Morgan fingerprint density at radius 1 is 1.10 bits per heavy atom. The Kier molecular flexibility index (Phi) is 3.83. The van der Waals surface area contributed by atoms with Crippen LogP contribution in [0.2, 0.25) is 0 Å². The molecule has 4 nitrogen and oxygen atoms in total. The van der Waals surface area contributed by atoms with Crippen molar-refractivity contribution in [2.24, 2.45) is 10.9 Å². The Balaban J connectivity index is 2.14. The molecular formula is C16H13BrN4. The Hall–Kier alpha value is -2.40. The van der Waals surface area contributed by atoms with Gasteiger partial charge in [-0.25, -0.2) is 4.68 Å². The molecule has 0 fully saturated rings. The topological polar surface area (TPSA) is 56.2 Å². The third-order valence-corrected chi connectivity index (χ3v) is 3.57. The van der Waals surface area contributed by atoms with Crippen LogP contribution < -0.4 is 5.84 Å². The highest BCUT2D eigenvalue weighted by molar-refractivity contribution is 9.10. The molecule has 1 heterocycles. The second-order valence-corrected chi connectivity index (χ2v) is 5.42. The second-order valence-electron chi connectivity index (χ2n) is 4.50. The van der Waals surface area contributed by atoms with Crippen LogP contribution in [0.4, 0.5) is 0 Å². The molecule has 3 aromatic rings. The molecule has 0 aliphatic heterocycles. The molecule has 0 saturated heterocycles. The number of hydrogen-bond acceptors (Lipinski definition) is 3. The minimum absolute atomic E-state index is 0.842. The van der Waals surface area contributed by atoms with Crippen LogP contribution in [0.1, 0.15) is 5.56 Å². The molecule has 0 spiro atoms. The molecule has 0 bridgehead atoms. The van der Waals surface area contributed by atoms with Gasteiger partial charge in [-0.2, -0.15) is 10.2 Å². The van der Waals surface area contributed by atoms with Gasteiger partial charge in [-0.05, 0) is 24.3 Å². The lowest BCUT2D eigenvalue weighted by atomic mass is 10.1. The van der Waals surface area contributed by atoms with E-state index < -0.39 is 0 Å². The lowest BCUT2D eigenvalue weighted by Gasteiger charge is -2.01. The van der Waals surface area contributed by atoms with Crippen LogP contribution in [0.5, 0.6) is 0 Å². The number of nitrogens with two attached hydrogens (primary N) is 1. The highest BCUT2D eigenvalue weighted by atomic mass is 79.9. The van der Waals surface area contributed by atoms with Gasteiger partial charge in [0.15, 0.2) is 0 Å². The summed E-state index contributed by atoms with van der Waals surface area (Å²) in [6.45, 7) is 0. The van der Waals surface area contributed by atoms with Crippen molar-refractivity contribution in [3.05, 3.63) is 70.8 Å². The number of halogens is 1. The SMILES string of the molecule is N/N=C\c1cn(-c2ccccc2)nc1-c1cccc(Br)c1. The zero-order chi connectivity index (χ0) is 14.7. The van der Waals surface area contributed by atoms with Gasteiger partial charge in [0.1, 0.15) is 5.69 Å². The molecule has 104 valence electrons. The van der Waals surface area contributed by atoms with Crippen molar-refractivity contribution in [3.8, 4) is 16.9 Å². The molecule has 0 radical (unpaired) electrons. The monoisotopic (exact) mass is 340 g/mol. The number of benzene rings is 2. The van der Waals surface area contributed by atoms with Gasteiger partial charge < -0.3 is 5.84 Å².